The molecule has 1 N–H and O–H groups in total. The zero-order chi connectivity index (χ0) is 14.4. The summed E-state index contributed by atoms with van der Waals surface area (Å²) < 4.78 is 2.61. The summed E-state index contributed by atoms with van der Waals surface area (Å²) in [4.78, 5) is 13.8. The summed E-state index contributed by atoms with van der Waals surface area (Å²) >= 11 is 6.54. The summed E-state index contributed by atoms with van der Waals surface area (Å²) in [6.07, 6.45) is 8.79. The third-order valence-electron chi connectivity index (χ3n) is 2.72. The first-order chi connectivity index (χ1) is 9.66. The Kier molecular flexibility index (Phi) is 5.38. The van der Waals surface area contributed by atoms with E-state index in [1.807, 2.05) is 29.1 Å². The summed E-state index contributed by atoms with van der Waals surface area (Å²) in [5.74, 6) is 0.836. The summed E-state index contributed by atoms with van der Waals surface area (Å²) in [6, 6.07) is 8.18. The van der Waals surface area contributed by atoms with Crippen molar-refractivity contribution in [2.45, 2.75) is 13.3 Å². The lowest BCUT2D eigenvalue weighted by atomic mass is 10.2. The fraction of sp³-hybridized carbons (Fsp3) is 0.200. The molecule has 0 aliphatic heterocycles. The molecule has 0 spiro atoms. The minimum atomic E-state index is 0.172. The average Bonchev–Trinajstić information content (AvgIpc) is 2.85. The second-order valence-corrected chi connectivity index (χ2v) is 5.92. The topological polar surface area (TPSA) is 37.8 Å². The molecule has 2 aromatic rings. The second-order valence-electron chi connectivity index (χ2n) is 4.26. The van der Waals surface area contributed by atoms with Gasteiger partial charge in [-0.05, 0) is 36.3 Å². The van der Waals surface area contributed by atoms with Crippen LogP contribution < -0.4 is 0 Å². The van der Waals surface area contributed by atoms with E-state index in [1.54, 1.807) is 6.92 Å². The van der Waals surface area contributed by atoms with Gasteiger partial charge in [0.1, 0.15) is 0 Å². The molecule has 3 nitrogen and oxygen atoms in total. The predicted molar refractivity (Wildman–Crippen MR) is 87.7 cm³/mol. The third kappa shape index (κ3) is 4.21. The number of allylic oxidation sites excluding steroid dienone is 1. The number of imidazole rings is 1. The molecule has 0 unspecified atom stereocenters. The molecule has 0 radical (unpaired) electrons. The number of hydrogen-bond donors (Lipinski definition) is 1. The maximum Gasteiger partial charge on any atom is 0.185 e. The first kappa shape index (κ1) is 14.8. The smallest absolute Gasteiger partial charge is 0.185 e. The molecule has 1 heterocycles. The van der Waals surface area contributed by atoms with E-state index in [0.717, 1.165) is 23.4 Å². The van der Waals surface area contributed by atoms with Crippen LogP contribution in [-0.2, 0) is 4.79 Å². The lowest BCUT2D eigenvalue weighted by Crippen LogP contribution is -1.91. The quantitative estimate of drug-likeness (QED) is 0.664. The number of carbonyl (C=O) groups is 1. The molecule has 0 aliphatic rings. The largest absolute Gasteiger partial charge is 0.337 e. The Hall–Kier alpha value is -1.59. The predicted octanol–water partition coefficient (Wildman–Crippen LogP) is 4.22. The monoisotopic (exact) mass is 304 g/mol. The van der Waals surface area contributed by atoms with Crippen LogP contribution in [0.4, 0.5) is 0 Å². The first-order valence-electron chi connectivity index (χ1n) is 6.33. The molecular formula is C15H16N2OS2. The maximum atomic E-state index is 10.8. The highest BCUT2D eigenvalue weighted by molar-refractivity contribution is 8.13. The Labute approximate surface area is 127 Å². The zero-order valence-corrected chi connectivity index (χ0v) is 12.8. The number of thioether (sulfide) groups is 1. The van der Waals surface area contributed by atoms with Gasteiger partial charge in [-0.1, -0.05) is 36.0 Å². The van der Waals surface area contributed by atoms with Gasteiger partial charge in [-0.3, -0.25) is 9.36 Å². The van der Waals surface area contributed by atoms with Gasteiger partial charge < -0.3 is 4.98 Å². The maximum absolute atomic E-state index is 10.8. The van der Waals surface area contributed by atoms with Crippen molar-refractivity contribution in [3.63, 3.8) is 0 Å². The highest BCUT2D eigenvalue weighted by Gasteiger charge is 1.97. The molecule has 1 aromatic heterocycles. The molecule has 0 aliphatic carbocycles. The van der Waals surface area contributed by atoms with Gasteiger partial charge in [-0.15, -0.1) is 0 Å². The summed E-state index contributed by atoms with van der Waals surface area (Å²) in [5.41, 5.74) is 2.18. The molecule has 0 bridgehead atoms. The van der Waals surface area contributed by atoms with Gasteiger partial charge in [-0.2, -0.15) is 0 Å². The van der Waals surface area contributed by atoms with Crippen LogP contribution in [0.3, 0.4) is 0 Å². The van der Waals surface area contributed by atoms with Crippen LogP contribution in [0, 0.1) is 4.77 Å². The van der Waals surface area contributed by atoms with Gasteiger partial charge >= 0.3 is 0 Å². The summed E-state index contributed by atoms with van der Waals surface area (Å²) in [7, 11) is 0. The highest BCUT2D eigenvalue weighted by Crippen LogP contribution is 2.12. The van der Waals surface area contributed by atoms with Crippen LogP contribution in [-0.4, -0.2) is 20.4 Å². The number of aromatic nitrogens is 2. The summed E-state index contributed by atoms with van der Waals surface area (Å²) in [5, 5.41) is 0.172. The SMILES string of the molecule is CC(=O)SCCC=Cc1ccc(-n2cc[nH]c2=S)cc1. The fourth-order valence-corrected chi connectivity index (χ4v) is 2.54. The molecule has 0 atom stereocenters. The fourth-order valence-electron chi connectivity index (χ4n) is 1.76. The van der Waals surface area contributed by atoms with Crippen molar-refractivity contribution < 1.29 is 4.79 Å². The first-order valence-corrected chi connectivity index (χ1v) is 7.72. The number of benzene rings is 1. The van der Waals surface area contributed by atoms with Crippen LogP contribution in [0.1, 0.15) is 18.9 Å². The van der Waals surface area contributed by atoms with E-state index in [1.165, 1.54) is 11.8 Å². The molecule has 5 heteroatoms. The molecule has 0 amide bonds. The van der Waals surface area contributed by atoms with E-state index in [2.05, 4.69) is 29.3 Å². The van der Waals surface area contributed by atoms with Gasteiger partial charge in [-0.25, -0.2) is 0 Å². The van der Waals surface area contributed by atoms with Gasteiger partial charge in [0.25, 0.3) is 0 Å². The van der Waals surface area contributed by atoms with Crippen LogP contribution in [0.2, 0.25) is 0 Å². The minimum absolute atomic E-state index is 0.172. The van der Waals surface area contributed by atoms with Crippen molar-refractivity contribution in [1.82, 2.24) is 9.55 Å². The standard InChI is InChI=1S/C15H16N2OS2/c1-12(18)20-11-3-2-4-13-5-7-14(8-6-13)17-10-9-16-15(17)19/h2,4-10H,3,11H2,1H3,(H,16,19). The van der Waals surface area contributed by atoms with Crippen LogP contribution in [0.5, 0.6) is 0 Å². The van der Waals surface area contributed by atoms with E-state index in [-0.39, 0.29) is 5.12 Å². The van der Waals surface area contributed by atoms with Crippen molar-refractivity contribution in [1.29, 1.82) is 0 Å². The number of aromatic amines is 1. The van der Waals surface area contributed by atoms with Crippen molar-refractivity contribution in [3.8, 4) is 5.69 Å². The van der Waals surface area contributed by atoms with E-state index in [0.29, 0.717) is 4.77 Å². The highest BCUT2D eigenvalue weighted by atomic mass is 32.2. The molecule has 0 saturated carbocycles. The summed E-state index contributed by atoms with van der Waals surface area (Å²) in [6.45, 7) is 1.60. The normalized spacial score (nSPS) is 11.1. The van der Waals surface area contributed by atoms with E-state index >= 15 is 0 Å². The van der Waals surface area contributed by atoms with Gasteiger partial charge in [0.05, 0.1) is 0 Å². The van der Waals surface area contributed by atoms with E-state index < -0.39 is 0 Å². The molecule has 104 valence electrons. The molecule has 0 saturated heterocycles. The van der Waals surface area contributed by atoms with E-state index in [9.17, 15) is 4.79 Å². The molecule has 20 heavy (non-hydrogen) atoms. The van der Waals surface area contributed by atoms with Crippen LogP contribution in [0.25, 0.3) is 11.8 Å². The van der Waals surface area contributed by atoms with E-state index in [4.69, 9.17) is 12.2 Å². The second kappa shape index (κ2) is 7.26. The van der Waals surface area contributed by atoms with Gasteiger partial charge in [0, 0.05) is 30.8 Å². The molecular weight excluding hydrogens is 288 g/mol. The van der Waals surface area contributed by atoms with Gasteiger partial charge in [0.15, 0.2) is 9.89 Å². The lowest BCUT2D eigenvalue weighted by molar-refractivity contribution is -0.109. The number of rotatable bonds is 5. The zero-order valence-electron chi connectivity index (χ0n) is 11.2. The Balaban J connectivity index is 1.95. The third-order valence-corrected chi connectivity index (χ3v) is 3.88. The molecule has 0 fully saturated rings. The van der Waals surface area contributed by atoms with Crippen molar-refractivity contribution >= 4 is 35.2 Å². The van der Waals surface area contributed by atoms with Crippen LogP contribution >= 0.6 is 24.0 Å². The van der Waals surface area contributed by atoms with Crippen LogP contribution in [0.15, 0.2) is 42.7 Å². The Bertz CT molecular complexity index is 653. The molecule has 1 aromatic carbocycles. The Morgan fingerprint density at radius 2 is 2.15 bits per heavy atom. The minimum Gasteiger partial charge on any atom is -0.337 e. The van der Waals surface area contributed by atoms with Gasteiger partial charge in [0.2, 0.25) is 0 Å². The lowest BCUT2D eigenvalue weighted by Gasteiger charge is -2.02. The number of nitrogens with one attached hydrogen (secondary N) is 1. The van der Waals surface area contributed by atoms with Crippen molar-refractivity contribution in [2.75, 3.05) is 5.75 Å². The number of H-pyrrole nitrogens is 1. The average molecular weight is 304 g/mol. The number of nitrogens with zero attached hydrogens (tertiary/aromatic N) is 1. The molecule has 2 rings (SSSR count). The number of hydrogen-bond acceptors (Lipinski definition) is 3. The van der Waals surface area contributed by atoms with Crippen molar-refractivity contribution in [3.05, 3.63) is 53.1 Å². The van der Waals surface area contributed by atoms with Crippen molar-refractivity contribution in [2.24, 2.45) is 0 Å². The Morgan fingerprint density at radius 3 is 2.75 bits per heavy atom. The Morgan fingerprint density at radius 1 is 1.40 bits per heavy atom. The number of carbonyl (C=O) groups excluding carboxylic acids is 1.